The maximum absolute atomic E-state index is 8.75. The Morgan fingerprint density at radius 3 is 2.77 bits per heavy atom. The molecular formula is C24H27N7O3S. The fourth-order valence-electron chi connectivity index (χ4n) is 3.86. The van der Waals surface area contributed by atoms with Crippen molar-refractivity contribution < 1.29 is 14.6 Å². The SMILES string of the molecule is Nc1ncc(C2CN(c3ncc4sc(-c5ccc(NCCOCCO)cc5)cc4n3)CCO2)cn1. The number of hydrogen-bond acceptors (Lipinski definition) is 11. The summed E-state index contributed by atoms with van der Waals surface area (Å²) in [6.07, 6.45) is 5.15. The first-order valence-corrected chi connectivity index (χ1v) is 12.2. The quantitative estimate of drug-likeness (QED) is 0.299. The highest BCUT2D eigenvalue weighted by atomic mass is 32.1. The molecule has 1 atom stereocenters. The van der Waals surface area contributed by atoms with E-state index >= 15 is 0 Å². The van der Waals surface area contributed by atoms with E-state index in [0.717, 1.165) is 31.9 Å². The average molecular weight is 494 g/mol. The van der Waals surface area contributed by atoms with Crippen LogP contribution in [0.4, 0.5) is 17.6 Å². The van der Waals surface area contributed by atoms with Crippen molar-refractivity contribution >= 4 is 39.1 Å². The summed E-state index contributed by atoms with van der Waals surface area (Å²) in [4.78, 5) is 20.9. The van der Waals surface area contributed by atoms with E-state index in [2.05, 4.69) is 55.5 Å². The van der Waals surface area contributed by atoms with E-state index in [1.54, 1.807) is 23.7 Å². The summed E-state index contributed by atoms with van der Waals surface area (Å²) in [5, 5.41) is 12.1. The Morgan fingerprint density at radius 2 is 1.97 bits per heavy atom. The highest BCUT2D eigenvalue weighted by molar-refractivity contribution is 7.22. The van der Waals surface area contributed by atoms with Crippen molar-refractivity contribution in [2.24, 2.45) is 0 Å². The third-order valence-corrected chi connectivity index (χ3v) is 6.76. The predicted molar refractivity (Wildman–Crippen MR) is 137 cm³/mol. The summed E-state index contributed by atoms with van der Waals surface area (Å²) in [5.41, 5.74) is 9.58. The summed E-state index contributed by atoms with van der Waals surface area (Å²) in [6, 6.07) is 10.4. The molecule has 4 aromatic rings. The van der Waals surface area contributed by atoms with Gasteiger partial charge in [0.2, 0.25) is 11.9 Å². The van der Waals surface area contributed by atoms with Crippen LogP contribution < -0.4 is 16.0 Å². The van der Waals surface area contributed by atoms with Gasteiger partial charge in [0.05, 0.1) is 49.4 Å². The summed E-state index contributed by atoms with van der Waals surface area (Å²) in [7, 11) is 0. The number of hydrogen-bond donors (Lipinski definition) is 3. The largest absolute Gasteiger partial charge is 0.394 e. The van der Waals surface area contributed by atoms with Gasteiger partial charge in [-0.25, -0.2) is 19.9 Å². The number of nitrogen functional groups attached to an aromatic ring is 1. The molecule has 182 valence electrons. The van der Waals surface area contributed by atoms with Crippen LogP contribution in [0.25, 0.3) is 20.7 Å². The smallest absolute Gasteiger partial charge is 0.226 e. The molecule has 1 fully saturated rings. The van der Waals surface area contributed by atoms with Crippen LogP contribution >= 0.6 is 11.3 Å². The molecule has 0 aliphatic carbocycles. The number of fused-ring (bicyclic) bond motifs is 1. The topological polar surface area (TPSA) is 132 Å². The summed E-state index contributed by atoms with van der Waals surface area (Å²) in [6.45, 7) is 3.55. The van der Waals surface area contributed by atoms with Crippen LogP contribution in [-0.2, 0) is 9.47 Å². The Labute approximate surface area is 206 Å². The highest BCUT2D eigenvalue weighted by Gasteiger charge is 2.24. The number of morpholine rings is 1. The average Bonchev–Trinajstić information content (AvgIpc) is 3.33. The van der Waals surface area contributed by atoms with Crippen molar-refractivity contribution in [2.45, 2.75) is 6.10 Å². The van der Waals surface area contributed by atoms with Gasteiger partial charge in [0.15, 0.2) is 0 Å². The Kier molecular flexibility index (Phi) is 7.28. The van der Waals surface area contributed by atoms with Gasteiger partial charge in [-0.05, 0) is 23.8 Å². The van der Waals surface area contributed by atoms with Crippen LogP contribution in [0.15, 0.2) is 48.9 Å². The number of ether oxygens (including phenoxy) is 2. The molecule has 1 unspecified atom stereocenters. The number of thiophene rings is 1. The van der Waals surface area contributed by atoms with Gasteiger partial charge in [-0.15, -0.1) is 11.3 Å². The van der Waals surface area contributed by atoms with Gasteiger partial charge >= 0.3 is 0 Å². The van der Waals surface area contributed by atoms with Crippen molar-refractivity contribution in [1.29, 1.82) is 0 Å². The van der Waals surface area contributed by atoms with Gasteiger partial charge < -0.3 is 30.5 Å². The Morgan fingerprint density at radius 1 is 1.14 bits per heavy atom. The second-order valence-electron chi connectivity index (χ2n) is 8.05. The third kappa shape index (κ3) is 5.65. The first kappa shape index (κ1) is 23.4. The molecule has 0 amide bonds. The molecule has 0 radical (unpaired) electrons. The lowest BCUT2D eigenvalue weighted by molar-refractivity contribution is 0.0388. The molecule has 5 rings (SSSR count). The fourth-order valence-corrected chi connectivity index (χ4v) is 4.83. The zero-order valence-corrected chi connectivity index (χ0v) is 19.9. The van der Waals surface area contributed by atoms with E-state index in [4.69, 9.17) is 25.3 Å². The first-order chi connectivity index (χ1) is 17.2. The van der Waals surface area contributed by atoms with Gasteiger partial charge in [0.1, 0.15) is 6.10 Å². The molecule has 1 aliphatic rings. The zero-order chi connectivity index (χ0) is 24.0. The number of nitrogens with two attached hydrogens (primary N) is 1. The lowest BCUT2D eigenvalue weighted by Crippen LogP contribution is -2.39. The number of aliphatic hydroxyl groups excluding tert-OH is 1. The molecule has 1 aliphatic heterocycles. The first-order valence-electron chi connectivity index (χ1n) is 11.4. The summed E-state index contributed by atoms with van der Waals surface area (Å²) < 4.78 is 12.2. The third-order valence-electron chi connectivity index (χ3n) is 5.65. The van der Waals surface area contributed by atoms with Crippen molar-refractivity contribution in [3.05, 3.63) is 54.5 Å². The molecule has 3 aromatic heterocycles. The molecule has 1 saturated heterocycles. The molecule has 4 heterocycles. The van der Waals surface area contributed by atoms with Gasteiger partial charge in [-0.1, -0.05) is 12.1 Å². The number of benzene rings is 1. The van der Waals surface area contributed by atoms with E-state index in [-0.39, 0.29) is 18.7 Å². The van der Waals surface area contributed by atoms with Crippen molar-refractivity contribution in [2.75, 3.05) is 62.0 Å². The van der Waals surface area contributed by atoms with Gasteiger partial charge in [0.25, 0.3) is 0 Å². The minimum atomic E-state index is -0.157. The normalized spacial score (nSPS) is 16.0. The maximum Gasteiger partial charge on any atom is 0.226 e. The van der Waals surface area contributed by atoms with Gasteiger partial charge in [-0.2, -0.15) is 0 Å². The van der Waals surface area contributed by atoms with Crippen LogP contribution in [0.3, 0.4) is 0 Å². The second-order valence-corrected chi connectivity index (χ2v) is 9.13. The second kappa shape index (κ2) is 10.9. The van der Waals surface area contributed by atoms with E-state index in [9.17, 15) is 0 Å². The molecule has 35 heavy (non-hydrogen) atoms. The molecule has 0 spiro atoms. The van der Waals surface area contributed by atoms with E-state index in [0.29, 0.717) is 45.4 Å². The minimum Gasteiger partial charge on any atom is -0.394 e. The maximum atomic E-state index is 8.75. The number of rotatable bonds is 9. The molecule has 11 heteroatoms. The van der Waals surface area contributed by atoms with E-state index < -0.39 is 0 Å². The van der Waals surface area contributed by atoms with Gasteiger partial charge in [-0.3, -0.25) is 0 Å². The number of aromatic nitrogens is 4. The lowest BCUT2D eigenvalue weighted by Gasteiger charge is -2.32. The summed E-state index contributed by atoms with van der Waals surface area (Å²) >= 11 is 1.68. The number of nitrogens with one attached hydrogen (secondary N) is 1. The van der Waals surface area contributed by atoms with E-state index in [1.807, 2.05) is 6.20 Å². The molecule has 4 N–H and O–H groups in total. The summed E-state index contributed by atoms with van der Waals surface area (Å²) in [5.74, 6) is 0.938. The van der Waals surface area contributed by atoms with Crippen molar-refractivity contribution in [1.82, 2.24) is 19.9 Å². The standard InChI is InChI=1S/C24H27N7O3S/c25-23-27-12-17(13-28-23)20-15-31(6-9-34-20)24-29-14-22-19(30-24)11-21(35-22)16-1-3-18(4-2-16)26-5-8-33-10-7-32/h1-4,11-14,20,26,32H,5-10,15H2,(H2,25,27,28). The highest BCUT2D eigenvalue weighted by Crippen LogP contribution is 2.34. The Bertz CT molecular complexity index is 1250. The predicted octanol–water partition coefficient (Wildman–Crippen LogP) is 2.73. The number of nitrogens with zero attached hydrogens (tertiary/aromatic N) is 5. The van der Waals surface area contributed by atoms with Crippen LogP contribution in [0.5, 0.6) is 0 Å². The number of aliphatic hydroxyl groups is 1. The van der Waals surface area contributed by atoms with Crippen molar-refractivity contribution in [3.63, 3.8) is 0 Å². The van der Waals surface area contributed by atoms with Crippen LogP contribution in [0.1, 0.15) is 11.7 Å². The lowest BCUT2D eigenvalue weighted by atomic mass is 10.1. The monoisotopic (exact) mass is 493 g/mol. The molecule has 10 nitrogen and oxygen atoms in total. The molecular weight excluding hydrogens is 466 g/mol. The molecule has 1 aromatic carbocycles. The van der Waals surface area contributed by atoms with Crippen LogP contribution in [0.2, 0.25) is 0 Å². The van der Waals surface area contributed by atoms with E-state index in [1.165, 1.54) is 0 Å². The van der Waals surface area contributed by atoms with Gasteiger partial charge in [0, 0.05) is 41.6 Å². The van der Waals surface area contributed by atoms with Crippen molar-refractivity contribution in [3.8, 4) is 10.4 Å². The Hall–Kier alpha value is -3.38. The Balaban J connectivity index is 1.26. The zero-order valence-electron chi connectivity index (χ0n) is 19.1. The number of anilines is 3. The minimum absolute atomic E-state index is 0.0434. The molecule has 0 bridgehead atoms. The van der Waals surface area contributed by atoms with Crippen LogP contribution in [-0.4, -0.2) is 71.1 Å². The van der Waals surface area contributed by atoms with Crippen LogP contribution in [0, 0.1) is 0 Å². The molecule has 0 saturated carbocycles. The fraction of sp³-hybridized carbons (Fsp3) is 0.333.